The third kappa shape index (κ3) is 4.61. The molecule has 1 aromatic heterocycles. The van der Waals surface area contributed by atoms with Gasteiger partial charge in [-0.15, -0.1) is 0 Å². The number of aromatic nitrogens is 1. The molecule has 1 aliphatic heterocycles. The Labute approximate surface area is 188 Å². The predicted molar refractivity (Wildman–Crippen MR) is 125 cm³/mol. The molecule has 0 spiro atoms. The van der Waals surface area contributed by atoms with Gasteiger partial charge in [-0.25, -0.2) is 4.39 Å². The first kappa shape index (κ1) is 22.2. The number of rotatable bonds is 6. The molecule has 1 saturated heterocycles. The van der Waals surface area contributed by atoms with Crippen molar-refractivity contribution in [1.29, 1.82) is 0 Å². The number of hydrogen-bond donors (Lipinski definition) is 1. The van der Waals surface area contributed by atoms with Crippen molar-refractivity contribution in [2.45, 2.75) is 26.4 Å². The van der Waals surface area contributed by atoms with Crippen LogP contribution in [-0.4, -0.2) is 52.2 Å². The molecule has 2 aromatic carbocycles. The maximum Gasteiger partial charge on any atom is 0.259 e. The normalized spacial score (nSPS) is 16.2. The summed E-state index contributed by atoms with van der Waals surface area (Å²) in [5.74, 6) is -0.332. The molecule has 32 heavy (non-hydrogen) atoms. The van der Waals surface area contributed by atoms with E-state index in [4.69, 9.17) is 0 Å². The van der Waals surface area contributed by atoms with E-state index < -0.39 is 6.04 Å². The molecule has 0 bridgehead atoms. The van der Waals surface area contributed by atoms with Gasteiger partial charge in [0.05, 0.1) is 18.2 Å². The van der Waals surface area contributed by atoms with Gasteiger partial charge in [0, 0.05) is 31.9 Å². The molecule has 0 radical (unpaired) electrons. The average molecular weight is 436 g/mol. The number of pyridine rings is 1. The van der Waals surface area contributed by atoms with Gasteiger partial charge in [0.2, 0.25) is 0 Å². The van der Waals surface area contributed by atoms with Crippen LogP contribution in [0.3, 0.4) is 0 Å². The van der Waals surface area contributed by atoms with E-state index in [9.17, 15) is 14.3 Å². The van der Waals surface area contributed by atoms with E-state index in [0.717, 1.165) is 43.9 Å². The number of hydrogen-bond acceptors (Lipinski definition) is 4. The number of nitrogens with zero attached hydrogens (tertiary/aromatic N) is 3. The third-order valence-electron chi connectivity index (χ3n) is 6.38. The first-order valence-electron chi connectivity index (χ1n) is 11.2. The lowest BCUT2D eigenvalue weighted by Gasteiger charge is -2.39. The molecule has 3 aromatic rings. The van der Waals surface area contributed by atoms with Gasteiger partial charge < -0.3 is 14.6 Å². The average Bonchev–Trinajstić information content (AvgIpc) is 2.81. The van der Waals surface area contributed by atoms with Gasteiger partial charge in [0.15, 0.2) is 0 Å². The van der Waals surface area contributed by atoms with Crippen LogP contribution in [0.25, 0.3) is 0 Å². The number of likely N-dealkylation sites (N-methyl/N-ethyl adjacent to an activating group) is 1. The molecule has 0 saturated carbocycles. The van der Waals surface area contributed by atoms with E-state index in [0.29, 0.717) is 17.8 Å². The van der Waals surface area contributed by atoms with E-state index in [1.165, 1.54) is 12.1 Å². The van der Waals surface area contributed by atoms with Crippen molar-refractivity contribution in [3.8, 4) is 5.75 Å². The Bertz CT molecular complexity index is 1100. The molecule has 2 heterocycles. The maximum absolute atomic E-state index is 13.8. The lowest BCUT2D eigenvalue weighted by Crippen LogP contribution is -2.48. The first-order valence-corrected chi connectivity index (χ1v) is 11.2. The molecule has 4 rings (SSSR count). The highest BCUT2D eigenvalue weighted by atomic mass is 19.1. The summed E-state index contributed by atoms with van der Waals surface area (Å²) in [6, 6.07) is 17.3. The summed E-state index contributed by atoms with van der Waals surface area (Å²) in [5, 5.41) is 11.0. The zero-order chi connectivity index (χ0) is 22.7. The summed E-state index contributed by atoms with van der Waals surface area (Å²) in [4.78, 5) is 18.3. The van der Waals surface area contributed by atoms with Gasteiger partial charge in [-0.3, -0.25) is 9.69 Å². The molecule has 1 N–H and O–H groups in total. The topological polar surface area (TPSA) is 48.7 Å². The minimum absolute atomic E-state index is 0.0101. The summed E-state index contributed by atoms with van der Waals surface area (Å²) in [7, 11) is 0. The number of halogens is 1. The fourth-order valence-electron chi connectivity index (χ4n) is 4.53. The molecule has 0 amide bonds. The molecule has 5 nitrogen and oxygen atoms in total. The van der Waals surface area contributed by atoms with Gasteiger partial charge in [-0.2, -0.15) is 0 Å². The Balaban J connectivity index is 1.80. The second-order valence-corrected chi connectivity index (χ2v) is 8.39. The Morgan fingerprint density at radius 2 is 1.66 bits per heavy atom. The van der Waals surface area contributed by atoms with E-state index in [2.05, 4.69) is 16.7 Å². The van der Waals surface area contributed by atoms with Crippen LogP contribution < -0.4 is 5.56 Å². The zero-order valence-electron chi connectivity index (χ0n) is 18.7. The smallest absolute Gasteiger partial charge is 0.259 e. The van der Waals surface area contributed by atoms with Gasteiger partial charge in [0.1, 0.15) is 11.6 Å². The number of benzene rings is 2. The summed E-state index contributed by atoms with van der Waals surface area (Å²) in [6.07, 6.45) is 0. The Hall–Kier alpha value is -2.96. The minimum atomic E-state index is -0.440. The molecule has 168 valence electrons. The zero-order valence-corrected chi connectivity index (χ0v) is 18.7. The van der Waals surface area contributed by atoms with Crippen LogP contribution in [0.2, 0.25) is 0 Å². The second-order valence-electron chi connectivity index (χ2n) is 8.39. The summed E-state index contributed by atoms with van der Waals surface area (Å²) in [5.41, 5.74) is 2.67. The monoisotopic (exact) mass is 435 g/mol. The highest BCUT2D eigenvalue weighted by Gasteiger charge is 2.31. The molecule has 6 heteroatoms. The van der Waals surface area contributed by atoms with Crippen LogP contribution in [0.5, 0.6) is 5.75 Å². The Kier molecular flexibility index (Phi) is 6.72. The van der Waals surface area contributed by atoms with E-state index >= 15 is 0 Å². The van der Waals surface area contributed by atoms with Crippen LogP contribution in [0.4, 0.5) is 4.39 Å². The van der Waals surface area contributed by atoms with Crippen molar-refractivity contribution in [3.63, 3.8) is 0 Å². The number of piperazine rings is 1. The van der Waals surface area contributed by atoms with Crippen LogP contribution in [0.15, 0.2) is 65.5 Å². The fourth-order valence-corrected chi connectivity index (χ4v) is 4.53. The quantitative estimate of drug-likeness (QED) is 0.640. The Morgan fingerprint density at radius 3 is 2.28 bits per heavy atom. The van der Waals surface area contributed by atoms with Crippen molar-refractivity contribution in [1.82, 2.24) is 14.4 Å². The van der Waals surface area contributed by atoms with Gasteiger partial charge in [-0.05, 0) is 42.8 Å². The predicted octanol–water partition coefficient (Wildman–Crippen LogP) is 3.78. The summed E-state index contributed by atoms with van der Waals surface area (Å²) < 4.78 is 15.4. The van der Waals surface area contributed by atoms with Crippen molar-refractivity contribution in [2.75, 3.05) is 32.7 Å². The summed E-state index contributed by atoms with van der Waals surface area (Å²) in [6.45, 7) is 8.69. The first-order chi connectivity index (χ1) is 15.5. The van der Waals surface area contributed by atoms with Gasteiger partial charge in [0.25, 0.3) is 5.56 Å². The molecular weight excluding hydrogens is 405 g/mol. The minimum Gasteiger partial charge on any atom is -0.507 e. The van der Waals surface area contributed by atoms with Crippen molar-refractivity contribution in [2.24, 2.45) is 0 Å². The van der Waals surface area contributed by atoms with Crippen LogP contribution in [-0.2, 0) is 6.54 Å². The molecule has 1 aliphatic rings. The van der Waals surface area contributed by atoms with Crippen molar-refractivity contribution >= 4 is 0 Å². The van der Waals surface area contributed by atoms with Crippen molar-refractivity contribution in [3.05, 3.63) is 99.2 Å². The number of aryl methyl sites for hydroxylation is 1. The molecule has 0 unspecified atom stereocenters. The lowest BCUT2D eigenvalue weighted by atomic mass is 9.96. The molecular formula is C26H30FN3O2. The lowest BCUT2D eigenvalue weighted by molar-refractivity contribution is 0.111. The SMILES string of the molecule is CCN1CCN([C@@H](c2ccc(F)cc2)c2c(O)cc(C)n(Cc3ccccc3)c2=O)CC1. The fraction of sp³-hybridized carbons (Fsp3) is 0.346. The standard InChI is InChI=1S/C26H30FN3O2/c1-3-28-13-15-29(16-14-28)25(21-9-11-22(27)12-10-21)24-23(31)17-19(2)30(26(24)32)18-20-7-5-4-6-8-20/h4-12,17,25,31H,3,13-16,18H2,1-2H3/t25-/m0/s1. The maximum atomic E-state index is 13.8. The number of aromatic hydroxyl groups is 1. The third-order valence-corrected chi connectivity index (χ3v) is 6.38. The highest BCUT2D eigenvalue weighted by molar-refractivity contribution is 5.41. The van der Waals surface area contributed by atoms with Crippen LogP contribution >= 0.6 is 0 Å². The molecule has 1 fully saturated rings. The largest absolute Gasteiger partial charge is 0.507 e. The van der Waals surface area contributed by atoms with Crippen LogP contribution in [0, 0.1) is 12.7 Å². The second kappa shape index (κ2) is 9.67. The van der Waals surface area contributed by atoms with Crippen LogP contribution in [0.1, 0.15) is 35.3 Å². The van der Waals surface area contributed by atoms with E-state index in [1.54, 1.807) is 22.8 Å². The van der Waals surface area contributed by atoms with E-state index in [1.807, 2.05) is 37.3 Å². The highest BCUT2D eigenvalue weighted by Crippen LogP contribution is 2.33. The van der Waals surface area contributed by atoms with Gasteiger partial charge in [-0.1, -0.05) is 49.4 Å². The van der Waals surface area contributed by atoms with E-state index in [-0.39, 0.29) is 17.1 Å². The van der Waals surface area contributed by atoms with Gasteiger partial charge >= 0.3 is 0 Å². The van der Waals surface area contributed by atoms with Crippen molar-refractivity contribution < 1.29 is 9.50 Å². The molecule has 0 aliphatic carbocycles. The Morgan fingerprint density at radius 1 is 1.00 bits per heavy atom. The summed E-state index contributed by atoms with van der Waals surface area (Å²) >= 11 is 0. The molecule has 1 atom stereocenters.